The molecule has 0 radical (unpaired) electrons. The topological polar surface area (TPSA) is 15.3 Å². The van der Waals surface area contributed by atoms with Crippen LogP contribution in [0.4, 0.5) is 5.69 Å². The third-order valence-corrected chi connectivity index (χ3v) is 3.83. The molecule has 0 aromatic heterocycles. The van der Waals surface area contributed by atoms with Gasteiger partial charge in [0.15, 0.2) is 0 Å². The Kier molecular flexibility index (Phi) is 3.67. The van der Waals surface area contributed by atoms with Crippen LogP contribution >= 0.6 is 0 Å². The van der Waals surface area contributed by atoms with Crippen molar-refractivity contribution < 1.29 is 0 Å². The third kappa shape index (κ3) is 2.86. The first kappa shape index (κ1) is 13.4. The minimum absolute atomic E-state index is 0.237. The van der Waals surface area contributed by atoms with Crippen molar-refractivity contribution in [2.24, 2.45) is 0 Å². The lowest BCUT2D eigenvalue weighted by Crippen LogP contribution is -2.54. The third-order valence-electron chi connectivity index (χ3n) is 3.83. The number of rotatable bonds is 1. The Bertz CT molecular complexity index is 389. The van der Waals surface area contributed by atoms with Gasteiger partial charge in [-0.05, 0) is 37.0 Å². The smallest absolute Gasteiger partial charge is 0.0387 e. The summed E-state index contributed by atoms with van der Waals surface area (Å²) in [6.45, 7) is 13.5. The number of anilines is 1. The van der Waals surface area contributed by atoms with E-state index in [2.05, 4.69) is 69.1 Å². The van der Waals surface area contributed by atoms with Crippen LogP contribution < -0.4 is 10.2 Å². The molecule has 1 heterocycles. The van der Waals surface area contributed by atoms with Gasteiger partial charge in [0.1, 0.15) is 0 Å². The number of nitrogens with one attached hydrogen (secondary N) is 1. The van der Waals surface area contributed by atoms with Gasteiger partial charge in [0.05, 0.1) is 0 Å². The molecule has 0 amide bonds. The van der Waals surface area contributed by atoms with Crippen LogP contribution in [0.5, 0.6) is 0 Å². The fourth-order valence-electron chi connectivity index (χ4n) is 2.53. The lowest BCUT2D eigenvalue weighted by atomic mass is 9.87. The highest BCUT2D eigenvalue weighted by molar-refractivity contribution is 5.50. The molecule has 1 saturated heterocycles. The van der Waals surface area contributed by atoms with Crippen molar-refractivity contribution in [1.82, 2.24) is 5.32 Å². The minimum atomic E-state index is 0.237. The highest BCUT2D eigenvalue weighted by Gasteiger charge is 2.22. The molecule has 2 atom stereocenters. The van der Waals surface area contributed by atoms with Gasteiger partial charge in [-0.1, -0.05) is 32.9 Å². The number of benzene rings is 1. The summed E-state index contributed by atoms with van der Waals surface area (Å²) in [6.07, 6.45) is 0. The molecule has 0 bridgehead atoms. The normalized spacial score (nSPS) is 25.3. The van der Waals surface area contributed by atoms with Crippen LogP contribution in [-0.2, 0) is 5.41 Å². The predicted octanol–water partition coefficient (Wildman–Crippen LogP) is 3.17. The van der Waals surface area contributed by atoms with Crippen molar-refractivity contribution in [3.63, 3.8) is 0 Å². The fraction of sp³-hybridized carbons (Fsp3) is 0.625. The van der Waals surface area contributed by atoms with Gasteiger partial charge < -0.3 is 10.2 Å². The van der Waals surface area contributed by atoms with Crippen molar-refractivity contribution in [3.05, 3.63) is 29.8 Å². The maximum absolute atomic E-state index is 3.53. The van der Waals surface area contributed by atoms with E-state index in [1.807, 2.05) is 0 Å². The summed E-state index contributed by atoms with van der Waals surface area (Å²) in [5.74, 6) is 0. The van der Waals surface area contributed by atoms with E-state index in [4.69, 9.17) is 0 Å². The Hall–Kier alpha value is -1.02. The Balaban J connectivity index is 2.18. The lowest BCUT2D eigenvalue weighted by molar-refractivity contribution is 0.425. The second-order valence-electron chi connectivity index (χ2n) is 6.61. The molecule has 2 nitrogen and oxygen atoms in total. The zero-order valence-electron chi connectivity index (χ0n) is 12.3. The molecule has 0 aliphatic carbocycles. The molecule has 100 valence electrons. The minimum Gasteiger partial charge on any atom is -0.366 e. The maximum atomic E-state index is 3.53. The van der Waals surface area contributed by atoms with Gasteiger partial charge in [0.25, 0.3) is 0 Å². The summed E-state index contributed by atoms with van der Waals surface area (Å²) >= 11 is 0. The zero-order valence-corrected chi connectivity index (χ0v) is 12.3. The van der Waals surface area contributed by atoms with Gasteiger partial charge in [0, 0.05) is 30.9 Å². The van der Waals surface area contributed by atoms with Crippen LogP contribution in [-0.4, -0.2) is 25.2 Å². The van der Waals surface area contributed by atoms with Crippen molar-refractivity contribution in [2.75, 3.05) is 18.0 Å². The van der Waals surface area contributed by atoms with E-state index in [9.17, 15) is 0 Å². The van der Waals surface area contributed by atoms with E-state index in [1.54, 1.807) is 0 Å². The first-order chi connectivity index (χ1) is 8.38. The van der Waals surface area contributed by atoms with Crippen LogP contribution in [0, 0.1) is 0 Å². The van der Waals surface area contributed by atoms with Crippen LogP contribution in [0.15, 0.2) is 24.3 Å². The van der Waals surface area contributed by atoms with Crippen LogP contribution in [0.25, 0.3) is 0 Å². The van der Waals surface area contributed by atoms with Gasteiger partial charge in [0.2, 0.25) is 0 Å². The molecule has 1 N–H and O–H groups in total. The average Bonchev–Trinajstić information content (AvgIpc) is 2.31. The second-order valence-corrected chi connectivity index (χ2v) is 6.61. The summed E-state index contributed by atoms with van der Waals surface area (Å²) in [7, 11) is 0. The standard InChI is InChI=1S/C16H26N2/c1-12-11-18(13(2)10-17-12)15-8-6-14(7-9-15)16(3,4)5/h6-9,12-13,17H,10-11H2,1-5H3/t12-,13+/m0/s1. The number of hydrogen-bond acceptors (Lipinski definition) is 2. The van der Waals surface area contributed by atoms with Gasteiger partial charge in [-0.3, -0.25) is 0 Å². The largest absolute Gasteiger partial charge is 0.366 e. The number of hydrogen-bond donors (Lipinski definition) is 1. The lowest BCUT2D eigenvalue weighted by Gasteiger charge is -2.39. The second kappa shape index (κ2) is 4.93. The highest BCUT2D eigenvalue weighted by Crippen LogP contribution is 2.26. The van der Waals surface area contributed by atoms with E-state index in [1.165, 1.54) is 11.3 Å². The van der Waals surface area contributed by atoms with Crippen molar-refractivity contribution in [3.8, 4) is 0 Å². The first-order valence-electron chi connectivity index (χ1n) is 6.98. The van der Waals surface area contributed by atoms with E-state index in [0.717, 1.165) is 13.1 Å². The SMILES string of the molecule is C[C@@H]1CN[C@@H](C)CN1c1ccc(C(C)(C)C)cc1. The molecule has 18 heavy (non-hydrogen) atoms. The Morgan fingerprint density at radius 1 is 1.11 bits per heavy atom. The fourth-order valence-corrected chi connectivity index (χ4v) is 2.53. The van der Waals surface area contributed by atoms with E-state index >= 15 is 0 Å². The van der Waals surface area contributed by atoms with Gasteiger partial charge in [-0.25, -0.2) is 0 Å². The van der Waals surface area contributed by atoms with Gasteiger partial charge in [-0.15, -0.1) is 0 Å². The van der Waals surface area contributed by atoms with E-state index in [0.29, 0.717) is 12.1 Å². The number of piperazine rings is 1. The molecule has 1 aromatic rings. The van der Waals surface area contributed by atoms with Crippen molar-refractivity contribution in [2.45, 2.75) is 52.1 Å². The molecule has 0 unspecified atom stereocenters. The first-order valence-corrected chi connectivity index (χ1v) is 6.98. The molecule has 1 fully saturated rings. The van der Waals surface area contributed by atoms with Crippen LogP contribution in [0.3, 0.4) is 0 Å². The molecular weight excluding hydrogens is 220 g/mol. The Morgan fingerprint density at radius 3 is 2.28 bits per heavy atom. The maximum Gasteiger partial charge on any atom is 0.0387 e. The van der Waals surface area contributed by atoms with Crippen molar-refractivity contribution in [1.29, 1.82) is 0 Å². The molecule has 2 heteroatoms. The quantitative estimate of drug-likeness (QED) is 0.819. The molecule has 1 aliphatic heterocycles. The molecule has 2 rings (SSSR count). The number of nitrogens with zero attached hydrogens (tertiary/aromatic N) is 1. The summed E-state index contributed by atoms with van der Waals surface area (Å²) in [5, 5.41) is 3.53. The van der Waals surface area contributed by atoms with E-state index in [-0.39, 0.29) is 5.41 Å². The zero-order chi connectivity index (χ0) is 13.3. The monoisotopic (exact) mass is 246 g/mol. The van der Waals surface area contributed by atoms with Gasteiger partial charge in [-0.2, -0.15) is 0 Å². The summed E-state index contributed by atoms with van der Waals surface area (Å²) < 4.78 is 0. The highest BCUT2D eigenvalue weighted by atomic mass is 15.2. The Labute approximate surface area is 111 Å². The van der Waals surface area contributed by atoms with Gasteiger partial charge >= 0.3 is 0 Å². The van der Waals surface area contributed by atoms with E-state index < -0.39 is 0 Å². The molecule has 1 aliphatic rings. The summed E-state index contributed by atoms with van der Waals surface area (Å²) in [4.78, 5) is 2.51. The van der Waals surface area contributed by atoms with Crippen molar-refractivity contribution >= 4 is 5.69 Å². The molecule has 0 saturated carbocycles. The van der Waals surface area contributed by atoms with Crippen LogP contribution in [0.1, 0.15) is 40.2 Å². The predicted molar refractivity (Wildman–Crippen MR) is 79.4 cm³/mol. The average molecular weight is 246 g/mol. The molecule has 1 aromatic carbocycles. The summed E-state index contributed by atoms with van der Waals surface area (Å²) in [6, 6.07) is 10.2. The Morgan fingerprint density at radius 2 is 1.72 bits per heavy atom. The summed E-state index contributed by atoms with van der Waals surface area (Å²) in [5.41, 5.74) is 2.99. The molecule has 0 spiro atoms. The van der Waals surface area contributed by atoms with Crippen LogP contribution in [0.2, 0.25) is 0 Å². The molecular formula is C16H26N2.